The molecule has 12 heavy (non-hydrogen) atoms. The second-order valence-electron chi connectivity index (χ2n) is 2.44. The summed E-state index contributed by atoms with van der Waals surface area (Å²) in [5.74, 6) is -0.0887. The number of nitrogens with one attached hydrogen (secondary N) is 1. The molecule has 66 valence electrons. The Morgan fingerprint density at radius 3 is 3.00 bits per heavy atom. The lowest BCUT2D eigenvalue weighted by molar-refractivity contribution is -0.118. The highest BCUT2D eigenvalue weighted by Crippen LogP contribution is 2.14. The van der Waals surface area contributed by atoms with E-state index in [4.69, 9.17) is 11.6 Å². The molecule has 0 saturated carbocycles. The summed E-state index contributed by atoms with van der Waals surface area (Å²) in [6, 6.07) is 2.03. The van der Waals surface area contributed by atoms with Gasteiger partial charge in [-0.1, -0.05) is 0 Å². The standard InChI is InChI=1S/C8H10ClNOS/c1-6-2-3-12-7(6)5-10-8(11)4-9/h2-3H,4-5H2,1H3,(H,10,11). The first-order chi connectivity index (χ1) is 5.74. The number of amides is 1. The van der Waals surface area contributed by atoms with E-state index in [0.29, 0.717) is 6.54 Å². The van der Waals surface area contributed by atoms with Crippen molar-refractivity contribution in [2.45, 2.75) is 13.5 Å². The number of aryl methyl sites for hydroxylation is 1. The summed E-state index contributed by atoms with van der Waals surface area (Å²) in [5.41, 5.74) is 1.22. The molecule has 0 aromatic carbocycles. The molecule has 1 aromatic heterocycles. The zero-order valence-corrected chi connectivity index (χ0v) is 8.34. The second kappa shape index (κ2) is 4.48. The Kier molecular flexibility index (Phi) is 3.56. The number of alkyl halides is 1. The molecule has 0 unspecified atom stereocenters. The van der Waals surface area contributed by atoms with Gasteiger partial charge in [-0.3, -0.25) is 4.79 Å². The molecular formula is C8H10ClNOS. The van der Waals surface area contributed by atoms with Gasteiger partial charge in [0.1, 0.15) is 5.88 Å². The predicted octanol–water partition coefficient (Wildman–Crippen LogP) is 1.91. The molecule has 0 aliphatic heterocycles. The van der Waals surface area contributed by atoms with Gasteiger partial charge in [-0.15, -0.1) is 22.9 Å². The maximum atomic E-state index is 10.8. The summed E-state index contributed by atoms with van der Waals surface area (Å²) in [4.78, 5) is 12.0. The molecule has 1 aromatic rings. The number of hydrogen-bond donors (Lipinski definition) is 1. The van der Waals surface area contributed by atoms with Crippen LogP contribution in [-0.4, -0.2) is 11.8 Å². The van der Waals surface area contributed by atoms with Crippen molar-refractivity contribution in [1.29, 1.82) is 0 Å². The van der Waals surface area contributed by atoms with E-state index < -0.39 is 0 Å². The third kappa shape index (κ3) is 2.50. The highest BCUT2D eigenvalue weighted by Gasteiger charge is 2.01. The van der Waals surface area contributed by atoms with Crippen LogP contribution in [0.5, 0.6) is 0 Å². The van der Waals surface area contributed by atoms with Crippen LogP contribution < -0.4 is 5.32 Å². The normalized spacial score (nSPS) is 9.83. The number of rotatable bonds is 3. The van der Waals surface area contributed by atoms with Crippen LogP contribution in [-0.2, 0) is 11.3 Å². The van der Waals surface area contributed by atoms with Crippen LogP contribution in [0.15, 0.2) is 11.4 Å². The van der Waals surface area contributed by atoms with Crippen molar-refractivity contribution in [1.82, 2.24) is 5.32 Å². The maximum absolute atomic E-state index is 10.8. The van der Waals surface area contributed by atoms with Gasteiger partial charge in [0.15, 0.2) is 0 Å². The van der Waals surface area contributed by atoms with Crippen molar-refractivity contribution in [3.05, 3.63) is 21.9 Å². The predicted molar refractivity (Wildman–Crippen MR) is 51.6 cm³/mol. The van der Waals surface area contributed by atoms with Crippen LogP contribution in [0.3, 0.4) is 0 Å². The van der Waals surface area contributed by atoms with Gasteiger partial charge in [0.2, 0.25) is 5.91 Å². The quantitative estimate of drug-likeness (QED) is 0.748. The van der Waals surface area contributed by atoms with Gasteiger partial charge < -0.3 is 5.32 Å². The van der Waals surface area contributed by atoms with E-state index in [1.54, 1.807) is 11.3 Å². The molecule has 1 N–H and O–H groups in total. The monoisotopic (exact) mass is 203 g/mol. The third-order valence-corrected chi connectivity index (χ3v) is 2.80. The first-order valence-electron chi connectivity index (χ1n) is 3.59. The Bertz CT molecular complexity index is 272. The van der Waals surface area contributed by atoms with Gasteiger partial charge in [0.05, 0.1) is 6.54 Å². The Labute approximate surface area is 80.5 Å². The highest BCUT2D eigenvalue weighted by atomic mass is 35.5. The number of carbonyl (C=O) groups excluding carboxylic acids is 1. The molecule has 0 spiro atoms. The van der Waals surface area contributed by atoms with Gasteiger partial charge in [-0.2, -0.15) is 0 Å². The van der Waals surface area contributed by atoms with Crippen LogP contribution >= 0.6 is 22.9 Å². The van der Waals surface area contributed by atoms with E-state index in [9.17, 15) is 4.79 Å². The molecule has 1 heterocycles. The number of thiophene rings is 1. The fourth-order valence-corrected chi connectivity index (χ4v) is 1.75. The lowest BCUT2D eigenvalue weighted by Gasteiger charge is -2.00. The lowest BCUT2D eigenvalue weighted by Crippen LogP contribution is -2.23. The van der Waals surface area contributed by atoms with Crippen LogP contribution in [0.25, 0.3) is 0 Å². The Hall–Kier alpha value is -0.540. The summed E-state index contributed by atoms with van der Waals surface area (Å²) in [7, 11) is 0. The van der Waals surface area contributed by atoms with Gasteiger partial charge in [-0.25, -0.2) is 0 Å². The third-order valence-electron chi connectivity index (χ3n) is 1.54. The molecule has 0 saturated heterocycles. The van der Waals surface area contributed by atoms with E-state index in [1.807, 2.05) is 18.4 Å². The van der Waals surface area contributed by atoms with E-state index in [2.05, 4.69) is 5.32 Å². The lowest BCUT2D eigenvalue weighted by atomic mass is 10.3. The molecule has 0 bridgehead atoms. The van der Waals surface area contributed by atoms with Gasteiger partial charge in [0, 0.05) is 4.88 Å². The molecule has 0 atom stereocenters. The van der Waals surface area contributed by atoms with Crippen LogP contribution in [0.1, 0.15) is 10.4 Å². The molecule has 0 fully saturated rings. The van der Waals surface area contributed by atoms with Crippen LogP contribution in [0.4, 0.5) is 0 Å². The fraction of sp³-hybridized carbons (Fsp3) is 0.375. The van der Waals surface area contributed by atoms with Crippen molar-refractivity contribution in [2.24, 2.45) is 0 Å². The summed E-state index contributed by atoms with van der Waals surface area (Å²) >= 11 is 6.97. The van der Waals surface area contributed by atoms with Crippen LogP contribution in [0.2, 0.25) is 0 Å². The van der Waals surface area contributed by atoms with Crippen molar-refractivity contribution < 1.29 is 4.79 Å². The molecule has 2 nitrogen and oxygen atoms in total. The molecule has 1 rings (SSSR count). The SMILES string of the molecule is Cc1ccsc1CNC(=O)CCl. The fourth-order valence-electron chi connectivity index (χ4n) is 0.811. The molecule has 0 radical (unpaired) electrons. The molecule has 0 aliphatic rings. The Morgan fingerprint density at radius 2 is 2.50 bits per heavy atom. The van der Waals surface area contributed by atoms with E-state index in [-0.39, 0.29) is 11.8 Å². The molecule has 4 heteroatoms. The molecule has 0 aliphatic carbocycles. The largest absolute Gasteiger partial charge is 0.350 e. The van der Waals surface area contributed by atoms with Crippen molar-refractivity contribution >= 4 is 28.8 Å². The van der Waals surface area contributed by atoms with Crippen molar-refractivity contribution in [3.8, 4) is 0 Å². The minimum Gasteiger partial charge on any atom is -0.350 e. The topological polar surface area (TPSA) is 29.1 Å². The number of carbonyl (C=O) groups is 1. The molecular weight excluding hydrogens is 194 g/mol. The minimum atomic E-state index is -0.121. The smallest absolute Gasteiger partial charge is 0.235 e. The first kappa shape index (κ1) is 9.55. The van der Waals surface area contributed by atoms with Crippen LogP contribution in [0, 0.1) is 6.92 Å². The Morgan fingerprint density at radius 1 is 1.75 bits per heavy atom. The zero-order valence-electron chi connectivity index (χ0n) is 6.76. The summed E-state index contributed by atoms with van der Waals surface area (Å²) < 4.78 is 0. The maximum Gasteiger partial charge on any atom is 0.235 e. The summed E-state index contributed by atoms with van der Waals surface area (Å²) in [6.07, 6.45) is 0. The summed E-state index contributed by atoms with van der Waals surface area (Å²) in [6.45, 7) is 2.62. The van der Waals surface area contributed by atoms with E-state index in [0.717, 1.165) is 0 Å². The zero-order chi connectivity index (χ0) is 8.97. The Balaban J connectivity index is 2.43. The van der Waals surface area contributed by atoms with Crippen molar-refractivity contribution in [3.63, 3.8) is 0 Å². The second-order valence-corrected chi connectivity index (χ2v) is 3.71. The summed E-state index contributed by atoms with van der Waals surface area (Å²) in [5, 5.41) is 4.73. The van der Waals surface area contributed by atoms with E-state index >= 15 is 0 Å². The molecule has 1 amide bonds. The average Bonchev–Trinajstić information content (AvgIpc) is 2.47. The van der Waals surface area contributed by atoms with E-state index in [1.165, 1.54) is 10.4 Å². The number of halogens is 1. The minimum absolute atomic E-state index is 0.0322. The first-order valence-corrected chi connectivity index (χ1v) is 5.01. The average molecular weight is 204 g/mol. The number of hydrogen-bond acceptors (Lipinski definition) is 2. The van der Waals surface area contributed by atoms with Gasteiger partial charge in [-0.05, 0) is 23.9 Å². The van der Waals surface area contributed by atoms with Crippen molar-refractivity contribution in [2.75, 3.05) is 5.88 Å². The van der Waals surface area contributed by atoms with Gasteiger partial charge in [0.25, 0.3) is 0 Å². The van der Waals surface area contributed by atoms with Gasteiger partial charge >= 0.3 is 0 Å². The highest BCUT2D eigenvalue weighted by molar-refractivity contribution is 7.10.